The summed E-state index contributed by atoms with van der Waals surface area (Å²) in [7, 11) is 0.312. The molecule has 0 spiro atoms. The Bertz CT molecular complexity index is 440. The minimum Gasteiger partial charge on any atom is -0.0924 e. The van der Waals surface area contributed by atoms with E-state index in [1.807, 2.05) is 0 Å². The van der Waals surface area contributed by atoms with Gasteiger partial charge < -0.3 is 0 Å². The van der Waals surface area contributed by atoms with E-state index in [1.165, 1.54) is 57.8 Å². The molecule has 2 rings (SSSR count). The summed E-state index contributed by atoms with van der Waals surface area (Å²) in [5.74, 6) is 0. The Hall–Kier alpha value is 2.84. The van der Waals surface area contributed by atoms with Gasteiger partial charge in [0, 0.05) is 17.1 Å². The van der Waals surface area contributed by atoms with E-state index >= 15 is 0 Å². The van der Waals surface area contributed by atoms with Crippen LogP contribution in [0.25, 0.3) is 0 Å². The maximum atomic E-state index is 2.45. The number of rotatable bonds is 3. The van der Waals surface area contributed by atoms with Crippen LogP contribution in [-0.2, 0) is 17.1 Å². The second-order valence-corrected chi connectivity index (χ2v) is 27.8. The summed E-state index contributed by atoms with van der Waals surface area (Å²) in [5.41, 5.74) is 2.09. The Morgan fingerprint density at radius 3 is 0.853 bits per heavy atom. The molecule has 208 valence electrons. The molecule has 34 heavy (non-hydrogen) atoms. The van der Waals surface area contributed by atoms with Gasteiger partial charge in [0.25, 0.3) is 0 Å². The zero-order valence-corrected chi connectivity index (χ0v) is 32.3. The van der Waals surface area contributed by atoms with E-state index in [2.05, 4.69) is 135 Å². The van der Waals surface area contributed by atoms with Gasteiger partial charge in [-0.1, -0.05) is 177 Å². The van der Waals surface area contributed by atoms with Crippen LogP contribution in [0.15, 0.2) is 0 Å². The number of hydrogen-bond donors (Lipinski definition) is 0. The third-order valence-electron chi connectivity index (χ3n) is 6.58. The summed E-state index contributed by atoms with van der Waals surface area (Å²) >= 11 is 4.79. The molecule has 0 aromatic carbocycles. The fourth-order valence-electron chi connectivity index (χ4n) is 6.53. The summed E-state index contributed by atoms with van der Waals surface area (Å²) in [5, 5.41) is 2.12. The normalized spacial score (nSPS) is 18.5. The van der Waals surface area contributed by atoms with Crippen molar-refractivity contribution >= 4 is 61.0 Å². The van der Waals surface area contributed by atoms with Crippen molar-refractivity contribution < 1.29 is 17.1 Å². The van der Waals surface area contributed by atoms with E-state index in [9.17, 15) is 0 Å². The van der Waals surface area contributed by atoms with E-state index in [-0.39, 0.29) is 32.9 Å². The van der Waals surface area contributed by atoms with Crippen LogP contribution in [0.3, 0.4) is 0 Å². The smallest absolute Gasteiger partial charge is 0.0624 e. The average molecular weight is 780 g/mol. The maximum Gasteiger partial charge on any atom is 0.0624 e. The molecule has 0 atom stereocenters. The van der Waals surface area contributed by atoms with Crippen molar-refractivity contribution in [3.63, 3.8) is 0 Å². The number of hydrogen-bond acceptors (Lipinski definition) is 0. The van der Waals surface area contributed by atoms with Gasteiger partial charge in [0.15, 0.2) is 0 Å². The molecular formula is C29H60FeI2P2. The third-order valence-corrected chi connectivity index (χ3v) is 16.6. The Balaban J connectivity index is 0. The average Bonchev–Trinajstić information content (AvgIpc) is 3.25. The van der Waals surface area contributed by atoms with Crippen molar-refractivity contribution in [2.24, 2.45) is 0 Å². The first-order valence-electron chi connectivity index (χ1n) is 13.6. The fraction of sp³-hybridized carbons (Fsp3) is 1.00. The maximum absolute atomic E-state index is 2.45. The Morgan fingerprint density at radius 1 is 0.559 bits per heavy atom. The van der Waals surface area contributed by atoms with E-state index in [0.29, 0.717) is 20.6 Å². The second kappa shape index (κ2) is 16.8. The molecule has 0 saturated heterocycles. The zero-order chi connectivity index (χ0) is 26.3. The molecule has 2 aliphatic rings. The second-order valence-electron chi connectivity index (χ2n) is 14.1. The van der Waals surface area contributed by atoms with Gasteiger partial charge in [-0.15, -0.1) is 0 Å². The molecule has 2 fully saturated rings. The van der Waals surface area contributed by atoms with Gasteiger partial charge in [0.05, 0.1) is 1.93 Å². The van der Waals surface area contributed by atoms with Crippen LogP contribution in [0.5, 0.6) is 0 Å². The van der Waals surface area contributed by atoms with Crippen LogP contribution in [0.1, 0.15) is 148 Å². The van der Waals surface area contributed by atoms with E-state index < -0.39 is 0 Å². The first-order valence-corrected chi connectivity index (χ1v) is 18.9. The van der Waals surface area contributed by atoms with Crippen LogP contribution in [0.2, 0.25) is 0 Å². The van der Waals surface area contributed by atoms with Crippen LogP contribution in [0.4, 0.5) is 0 Å². The predicted octanol–water partition coefficient (Wildman–Crippen LogP) is 12.6. The molecule has 0 N–H and O–H groups in total. The zero-order valence-electron chi connectivity index (χ0n) is 25.1. The molecule has 0 radical (unpaired) electrons. The van der Waals surface area contributed by atoms with Crippen LogP contribution in [-0.4, -0.2) is 33.9 Å². The van der Waals surface area contributed by atoms with Gasteiger partial charge >= 0.3 is 0 Å². The molecule has 0 bridgehead atoms. The number of halogens is 2. The minimum atomic E-state index is 0. The van der Waals surface area contributed by atoms with Gasteiger partial charge in [-0.3, -0.25) is 0 Å². The van der Waals surface area contributed by atoms with Crippen molar-refractivity contribution in [3.05, 3.63) is 0 Å². The molecule has 0 aromatic heterocycles. The van der Waals surface area contributed by atoms with Gasteiger partial charge in [0.2, 0.25) is 0 Å². The monoisotopic (exact) mass is 780 g/mol. The largest absolute Gasteiger partial charge is 0.0924 e. The van der Waals surface area contributed by atoms with Crippen molar-refractivity contribution in [1.82, 2.24) is 0 Å². The Morgan fingerprint density at radius 2 is 0.735 bits per heavy atom. The molecule has 5 heteroatoms. The fourth-order valence-corrected chi connectivity index (χ4v) is 16.7. The molecular weight excluding hydrogens is 720 g/mol. The Kier molecular flexibility index (Phi) is 19.3. The topological polar surface area (TPSA) is 0 Å². The van der Waals surface area contributed by atoms with Gasteiger partial charge in [0.1, 0.15) is 0 Å². The van der Waals surface area contributed by atoms with E-state index in [4.69, 9.17) is 0 Å². The first-order chi connectivity index (χ1) is 14.7. The van der Waals surface area contributed by atoms with Crippen LogP contribution < -0.4 is 0 Å². The predicted molar refractivity (Wildman–Crippen MR) is 179 cm³/mol. The summed E-state index contributed by atoms with van der Waals surface area (Å²) in [6.07, 6.45) is 13.2. The van der Waals surface area contributed by atoms with Crippen LogP contribution >= 0.6 is 61.0 Å². The molecule has 2 saturated carbocycles. The number of alkyl halides is 2. The molecule has 2 aliphatic carbocycles. The van der Waals surface area contributed by atoms with Gasteiger partial charge in [-0.2, -0.15) is 0 Å². The van der Waals surface area contributed by atoms with Gasteiger partial charge in [-0.05, 0) is 64.0 Å². The van der Waals surface area contributed by atoms with Crippen molar-refractivity contribution in [1.29, 1.82) is 0 Å². The molecule has 0 aromatic rings. The van der Waals surface area contributed by atoms with Crippen LogP contribution in [0, 0.1) is 0 Å². The summed E-state index contributed by atoms with van der Waals surface area (Å²) in [6.45, 7) is 31.5. The SMILES string of the molecule is CC(C)(C)P(C1CCCC1)C(C)(C)C.CC(C)(C)P(C1CCCC1)C(C)(C)C.CCC(I)I.[Fe]. The Labute approximate surface area is 257 Å². The molecule has 0 unspecified atom stereocenters. The van der Waals surface area contributed by atoms with Gasteiger partial charge in [-0.25, -0.2) is 0 Å². The molecule has 0 nitrogen and oxygen atoms in total. The van der Waals surface area contributed by atoms with E-state index in [0.717, 1.165) is 13.2 Å². The van der Waals surface area contributed by atoms with Crippen molar-refractivity contribution in [3.8, 4) is 0 Å². The van der Waals surface area contributed by atoms with Crippen molar-refractivity contribution in [2.75, 3.05) is 0 Å². The molecule has 0 heterocycles. The summed E-state index contributed by atoms with van der Waals surface area (Å²) < 4.78 is 0.824. The third kappa shape index (κ3) is 15.4. The summed E-state index contributed by atoms with van der Waals surface area (Å²) in [6, 6.07) is 0. The first kappa shape index (κ1) is 39.0. The minimum absolute atomic E-state index is 0. The molecule has 0 amide bonds. The van der Waals surface area contributed by atoms with E-state index in [1.54, 1.807) is 0 Å². The quantitative estimate of drug-likeness (QED) is 0.116. The summed E-state index contributed by atoms with van der Waals surface area (Å²) in [4.78, 5) is 0. The molecule has 0 aliphatic heterocycles. The standard InChI is InChI=1S/2C13H27P.C3H6I2.Fe/c2*1-12(2,3)14(13(4,5)6)11-9-7-8-10-11;1-2-3(4)5;/h2*11H,7-10H2,1-6H3;3H,2H2,1H3;. The van der Waals surface area contributed by atoms with Crippen molar-refractivity contribution in [2.45, 2.75) is 182 Å².